The second kappa shape index (κ2) is 6.49. The molecule has 0 aliphatic rings. The highest BCUT2D eigenvalue weighted by molar-refractivity contribution is 9.11. The van der Waals surface area contributed by atoms with Crippen LogP contribution in [-0.2, 0) is 0 Å². The first-order valence-corrected chi connectivity index (χ1v) is 6.14. The molecule has 0 fully saturated rings. The van der Waals surface area contributed by atoms with Crippen LogP contribution < -0.4 is 5.73 Å². The summed E-state index contributed by atoms with van der Waals surface area (Å²) in [5, 5.41) is 9.53. The number of rotatable bonds is 2. The molecule has 16 heavy (non-hydrogen) atoms. The lowest BCUT2D eigenvalue weighted by Gasteiger charge is -2.16. The van der Waals surface area contributed by atoms with Crippen LogP contribution in [0.5, 0.6) is 5.75 Å². The number of aromatic hydroxyl groups is 1. The number of hydrogen-bond acceptors (Lipinski definition) is 2. The number of halogens is 6. The zero-order valence-electron chi connectivity index (χ0n) is 7.55. The Morgan fingerprint density at radius 1 is 1.19 bits per heavy atom. The van der Waals surface area contributed by atoms with Crippen molar-refractivity contribution in [1.29, 1.82) is 0 Å². The van der Waals surface area contributed by atoms with Crippen LogP contribution in [0.4, 0.5) is 8.78 Å². The zero-order chi connectivity index (χ0) is 11.7. The second-order valence-electron chi connectivity index (χ2n) is 2.78. The van der Waals surface area contributed by atoms with Gasteiger partial charge in [-0.3, -0.25) is 0 Å². The first kappa shape index (κ1) is 16.6. The van der Waals surface area contributed by atoms with Crippen molar-refractivity contribution >= 4 is 60.2 Å². The van der Waals surface area contributed by atoms with Gasteiger partial charge in [0, 0.05) is 10.0 Å². The second-order valence-corrected chi connectivity index (χ2v) is 5.28. The number of nitrogens with two attached hydrogens (primary N) is 1. The molecule has 2 nitrogen and oxygen atoms in total. The molecule has 0 bridgehead atoms. The standard InChI is InChI=1S/C8H6Br3F2NO.ClH/c9-2-1-3(10)7(15)5(11)4(2)6(14)8(12)13;/h1,6,8,15H,14H2;1H/t6-;/m1./s1. The smallest absolute Gasteiger partial charge is 0.257 e. The molecule has 0 amide bonds. The quantitative estimate of drug-likeness (QED) is 0.709. The van der Waals surface area contributed by atoms with E-state index in [1.54, 1.807) is 0 Å². The Hall–Kier alpha value is 0.570. The minimum atomic E-state index is -2.70. The number of alkyl halides is 2. The van der Waals surface area contributed by atoms with Crippen molar-refractivity contribution < 1.29 is 13.9 Å². The summed E-state index contributed by atoms with van der Waals surface area (Å²) in [5.74, 6) is -0.149. The van der Waals surface area contributed by atoms with Crippen LogP contribution in [0.2, 0.25) is 0 Å². The van der Waals surface area contributed by atoms with Crippen molar-refractivity contribution in [3.63, 3.8) is 0 Å². The summed E-state index contributed by atoms with van der Waals surface area (Å²) in [6.45, 7) is 0. The molecule has 8 heteroatoms. The van der Waals surface area contributed by atoms with Gasteiger partial charge in [0.1, 0.15) is 5.75 Å². The normalized spacial score (nSPS) is 12.4. The van der Waals surface area contributed by atoms with Gasteiger partial charge in [-0.15, -0.1) is 12.4 Å². The molecule has 0 aliphatic carbocycles. The fraction of sp³-hybridized carbons (Fsp3) is 0.250. The fourth-order valence-electron chi connectivity index (χ4n) is 1.03. The first-order valence-electron chi connectivity index (χ1n) is 3.76. The molecule has 0 aromatic heterocycles. The molecule has 3 N–H and O–H groups in total. The number of benzene rings is 1. The molecule has 1 aromatic carbocycles. The van der Waals surface area contributed by atoms with Crippen LogP contribution in [0.25, 0.3) is 0 Å². The van der Waals surface area contributed by atoms with E-state index in [9.17, 15) is 13.9 Å². The molecule has 0 saturated heterocycles. The largest absolute Gasteiger partial charge is 0.506 e. The first-order chi connectivity index (χ1) is 6.86. The van der Waals surface area contributed by atoms with E-state index in [1.165, 1.54) is 6.07 Å². The maximum absolute atomic E-state index is 12.4. The van der Waals surface area contributed by atoms with Crippen LogP contribution in [0.15, 0.2) is 19.5 Å². The van der Waals surface area contributed by atoms with Gasteiger partial charge in [-0.1, -0.05) is 15.9 Å². The van der Waals surface area contributed by atoms with Gasteiger partial charge in [0.25, 0.3) is 6.43 Å². The minimum Gasteiger partial charge on any atom is -0.506 e. The molecule has 0 radical (unpaired) electrons. The van der Waals surface area contributed by atoms with E-state index in [2.05, 4.69) is 47.8 Å². The molecule has 0 saturated carbocycles. The Morgan fingerprint density at radius 2 is 1.69 bits per heavy atom. The summed E-state index contributed by atoms with van der Waals surface area (Å²) in [5.41, 5.74) is 5.47. The predicted molar refractivity (Wildman–Crippen MR) is 71.4 cm³/mol. The lowest BCUT2D eigenvalue weighted by Crippen LogP contribution is -2.20. The zero-order valence-corrected chi connectivity index (χ0v) is 13.1. The van der Waals surface area contributed by atoms with Crippen LogP contribution >= 0.6 is 60.2 Å². The topological polar surface area (TPSA) is 46.2 Å². The highest BCUT2D eigenvalue weighted by atomic mass is 79.9. The van der Waals surface area contributed by atoms with E-state index >= 15 is 0 Å². The van der Waals surface area contributed by atoms with Crippen LogP contribution in [0, 0.1) is 0 Å². The predicted octanol–water partition coefficient (Wildman–Crippen LogP) is 4.37. The summed E-state index contributed by atoms with van der Waals surface area (Å²) in [7, 11) is 0. The Labute approximate surface area is 122 Å². The van der Waals surface area contributed by atoms with Gasteiger partial charge in [0.05, 0.1) is 15.0 Å². The van der Waals surface area contributed by atoms with E-state index in [-0.39, 0.29) is 28.2 Å². The van der Waals surface area contributed by atoms with E-state index in [0.717, 1.165) is 0 Å². The third-order valence-corrected chi connectivity index (χ3v) is 3.85. The van der Waals surface area contributed by atoms with Crippen molar-refractivity contribution in [1.82, 2.24) is 0 Å². The van der Waals surface area contributed by atoms with Crippen LogP contribution in [0.1, 0.15) is 11.6 Å². The number of phenols is 1. The SMILES string of the molecule is Cl.N[C@H](c1c(Br)cc(Br)c(O)c1Br)C(F)F. The molecule has 0 heterocycles. The molecule has 92 valence electrons. The minimum absolute atomic E-state index is 0. The van der Waals surface area contributed by atoms with Crippen molar-refractivity contribution in [2.75, 3.05) is 0 Å². The lowest BCUT2D eigenvalue weighted by atomic mass is 10.1. The van der Waals surface area contributed by atoms with Crippen LogP contribution in [-0.4, -0.2) is 11.5 Å². The van der Waals surface area contributed by atoms with Gasteiger partial charge in [-0.2, -0.15) is 0 Å². The van der Waals surface area contributed by atoms with Gasteiger partial charge < -0.3 is 10.8 Å². The Bertz CT molecular complexity index is 392. The highest BCUT2D eigenvalue weighted by Gasteiger charge is 2.25. The highest BCUT2D eigenvalue weighted by Crippen LogP contribution is 2.42. The maximum Gasteiger partial charge on any atom is 0.257 e. The molecule has 0 unspecified atom stereocenters. The average molecular weight is 446 g/mol. The molecule has 1 aromatic rings. The van der Waals surface area contributed by atoms with Gasteiger partial charge >= 0.3 is 0 Å². The third-order valence-electron chi connectivity index (χ3n) is 1.79. The van der Waals surface area contributed by atoms with E-state index in [0.29, 0.717) is 8.95 Å². The molecule has 0 aliphatic heterocycles. The Balaban J connectivity index is 0.00000225. The summed E-state index contributed by atoms with van der Waals surface area (Å²) in [6, 6.07) is 0.0187. The lowest BCUT2D eigenvalue weighted by molar-refractivity contribution is 0.115. The maximum atomic E-state index is 12.4. The molecular formula is C8H7Br3ClF2NO. The summed E-state index contributed by atoms with van der Waals surface area (Å²) in [6.07, 6.45) is -2.70. The summed E-state index contributed by atoms with van der Waals surface area (Å²) in [4.78, 5) is 0. The molecule has 0 spiro atoms. The number of hydrogen-bond donors (Lipinski definition) is 2. The summed E-state index contributed by atoms with van der Waals surface area (Å²) < 4.78 is 25.9. The fourth-order valence-corrected chi connectivity index (χ4v) is 3.68. The molecule has 1 atom stereocenters. The van der Waals surface area contributed by atoms with Gasteiger partial charge in [0.2, 0.25) is 0 Å². The van der Waals surface area contributed by atoms with Gasteiger partial charge in [-0.25, -0.2) is 8.78 Å². The molecular weight excluding hydrogens is 439 g/mol. The Morgan fingerprint density at radius 3 is 2.12 bits per heavy atom. The van der Waals surface area contributed by atoms with Crippen molar-refractivity contribution in [2.45, 2.75) is 12.5 Å². The van der Waals surface area contributed by atoms with E-state index in [4.69, 9.17) is 5.73 Å². The van der Waals surface area contributed by atoms with Gasteiger partial charge in [0.15, 0.2) is 0 Å². The number of phenolic OH excluding ortho intramolecular Hbond substituents is 1. The Kier molecular flexibility index (Phi) is 6.72. The monoisotopic (exact) mass is 443 g/mol. The van der Waals surface area contributed by atoms with Crippen molar-refractivity contribution in [2.24, 2.45) is 5.73 Å². The van der Waals surface area contributed by atoms with Crippen LogP contribution in [0.3, 0.4) is 0 Å². The third kappa shape index (κ3) is 3.29. The molecule has 1 rings (SSSR count). The van der Waals surface area contributed by atoms with E-state index in [1.807, 2.05) is 0 Å². The van der Waals surface area contributed by atoms with Crippen molar-refractivity contribution in [3.05, 3.63) is 25.0 Å². The average Bonchev–Trinajstić information content (AvgIpc) is 2.14. The van der Waals surface area contributed by atoms with Gasteiger partial charge in [-0.05, 0) is 37.9 Å². The van der Waals surface area contributed by atoms with E-state index < -0.39 is 12.5 Å². The summed E-state index contributed by atoms with van der Waals surface area (Å²) >= 11 is 9.22. The van der Waals surface area contributed by atoms with Crippen molar-refractivity contribution in [3.8, 4) is 5.75 Å².